The van der Waals surface area contributed by atoms with E-state index in [-0.39, 0.29) is 11.9 Å². The second-order valence-electron chi connectivity index (χ2n) is 6.43. The molecule has 2 heterocycles. The minimum absolute atomic E-state index is 0.0183. The van der Waals surface area contributed by atoms with Crippen molar-refractivity contribution in [3.05, 3.63) is 72.1 Å². The lowest BCUT2D eigenvalue weighted by molar-refractivity contribution is 0.0460. The number of para-hydroxylation sites is 2. The van der Waals surface area contributed by atoms with Crippen molar-refractivity contribution in [2.45, 2.75) is 12.5 Å². The molecule has 0 saturated carbocycles. The SMILES string of the molecule is COc1cccc([C@H]2CCN2C(=O)c2cnn(-c3ccccc3OC)c2)c1. The first-order valence-electron chi connectivity index (χ1n) is 8.84. The van der Waals surface area contributed by atoms with E-state index in [0.29, 0.717) is 11.3 Å². The van der Waals surface area contributed by atoms with E-state index in [1.807, 2.05) is 53.4 Å². The Kier molecular flexibility index (Phi) is 4.54. The smallest absolute Gasteiger partial charge is 0.257 e. The van der Waals surface area contributed by atoms with Crippen LogP contribution in [0.25, 0.3) is 5.69 Å². The summed E-state index contributed by atoms with van der Waals surface area (Å²) in [6, 6.07) is 15.5. The lowest BCUT2D eigenvalue weighted by atomic mass is 9.94. The monoisotopic (exact) mass is 363 g/mol. The molecule has 1 aromatic heterocycles. The molecule has 6 nitrogen and oxygen atoms in total. The van der Waals surface area contributed by atoms with E-state index in [1.165, 1.54) is 0 Å². The third-order valence-electron chi connectivity index (χ3n) is 4.92. The van der Waals surface area contributed by atoms with Crippen LogP contribution in [-0.4, -0.2) is 41.4 Å². The summed E-state index contributed by atoms with van der Waals surface area (Å²) in [5.74, 6) is 1.49. The van der Waals surface area contributed by atoms with Gasteiger partial charge in [0.05, 0.1) is 32.0 Å². The molecule has 3 aromatic rings. The number of rotatable bonds is 5. The molecule has 6 heteroatoms. The van der Waals surface area contributed by atoms with Gasteiger partial charge in [-0.15, -0.1) is 0 Å². The van der Waals surface area contributed by atoms with E-state index >= 15 is 0 Å². The fourth-order valence-corrected chi connectivity index (χ4v) is 3.38. The van der Waals surface area contributed by atoms with Crippen LogP contribution in [0, 0.1) is 0 Å². The van der Waals surface area contributed by atoms with Crippen LogP contribution in [0.2, 0.25) is 0 Å². The molecule has 4 rings (SSSR count). The van der Waals surface area contributed by atoms with Gasteiger partial charge in [0, 0.05) is 12.7 Å². The van der Waals surface area contributed by atoms with Gasteiger partial charge in [-0.25, -0.2) is 4.68 Å². The van der Waals surface area contributed by atoms with Crippen LogP contribution in [0.15, 0.2) is 60.9 Å². The highest BCUT2D eigenvalue weighted by Gasteiger charge is 2.34. The van der Waals surface area contributed by atoms with Crippen molar-refractivity contribution in [2.24, 2.45) is 0 Å². The van der Waals surface area contributed by atoms with Gasteiger partial charge in [0.25, 0.3) is 5.91 Å². The number of carbonyl (C=O) groups is 1. The van der Waals surface area contributed by atoms with Gasteiger partial charge in [-0.2, -0.15) is 5.10 Å². The zero-order valence-electron chi connectivity index (χ0n) is 15.3. The summed E-state index contributed by atoms with van der Waals surface area (Å²) >= 11 is 0. The molecular weight excluding hydrogens is 342 g/mol. The number of aromatic nitrogens is 2. The zero-order chi connectivity index (χ0) is 18.8. The van der Waals surface area contributed by atoms with Crippen molar-refractivity contribution < 1.29 is 14.3 Å². The summed E-state index contributed by atoms with van der Waals surface area (Å²) in [6.45, 7) is 0.737. The molecule has 1 aliphatic rings. The maximum Gasteiger partial charge on any atom is 0.257 e. The first kappa shape index (κ1) is 17.1. The van der Waals surface area contributed by atoms with E-state index in [0.717, 1.165) is 30.0 Å². The minimum Gasteiger partial charge on any atom is -0.497 e. The highest BCUT2D eigenvalue weighted by atomic mass is 16.5. The molecule has 0 aliphatic carbocycles. The van der Waals surface area contributed by atoms with Gasteiger partial charge < -0.3 is 14.4 Å². The molecule has 1 aliphatic heterocycles. The normalized spacial score (nSPS) is 15.9. The Hall–Kier alpha value is -3.28. The summed E-state index contributed by atoms with van der Waals surface area (Å²) in [5.41, 5.74) is 2.45. The van der Waals surface area contributed by atoms with Crippen LogP contribution in [0.1, 0.15) is 28.4 Å². The number of hydrogen-bond acceptors (Lipinski definition) is 4. The molecule has 27 heavy (non-hydrogen) atoms. The first-order valence-corrected chi connectivity index (χ1v) is 8.84. The van der Waals surface area contributed by atoms with Crippen LogP contribution in [0.4, 0.5) is 0 Å². The molecule has 0 unspecified atom stereocenters. The zero-order valence-corrected chi connectivity index (χ0v) is 15.3. The quantitative estimate of drug-likeness (QED) is 0.696. The summed E-state index contributed by atoms with van der Waals surface area (Å²) in [6.07, 6.45) is 4.30. The third-order valence-corrected chi connectivity index (χ3v) is 4.92. The molecule has 0 bridgehead atoms. The van der Waals surface area contributed by atoms with Crippen molar-refractivity contribution in [3.63, 3.8) is 0 Å². The Morgan fingerprint density at radius 1 is 1.11 bits per heavy atom. The average molecular weight is 363 g/mol. The van der Waals surface area contributed by atoms with E-state index in [9.17, 15) is 4.79 Å². The lowest BCUT2D eigenvalue weighted by Crippen LogP contribution is -2.45. The van der Waals surface area contributed by atoms with E-state index < -0.39 is 0 Å². The Balaban J connectivity index is 1.56. The highest BCUT2D eigenvalue weighted by molar-refractivity contribution is 5.94. The van der Waals surface area contributed by atoms with Crippen LogP contribution >= 0.6 is 0 Å². The number of methoxy groups -OCH3 is 2. The van der Waals surface area contributed by atoms with Gasteiger partial charge in [0.1, 0.15) is 17.2 Å². The molecule has 1 saturated heterocycles. The van der Waals surface area contributed by atoms with Crippen molar-refractivity contribution in [2.75, 3.05) is 20.8 Å². The lowest BCUT2D eigenvalue weighted by Gasteiger charge is -2.41. The van der Waals surface area contributed by atoms with Crippen LogP contribution < -0.4 is 9.47 Å². The number of benzene rings is 2. The van der Waals surface area contributed by atoms with Crippen molar-refractivity contribution in [3.8, 4) is 17.2 Å². The maximum absolute atomic E-state index is 13.0. The first-order chi connectivity index (χ1) is 13.2. The highest BCUT2D eigenvalue weighted by Crippen LogP contribution is 2.36. The van der Waals surface area contributed by atoms with Crippen LogP contribution in [-0.2, 0) is 0 Å². The molecule has 1 fully saturated rings. The van der Waals surface area contributed by atoms with Gasteiger partial charge in [-0.05, 0) is 36.2 Å². The molecule has 0 N–H and O–H groups in total. The Morgan fingerprint density at radius 2 is 1.96 bits per heavy atom. The third kappa shape index (κ3) is 3.14. The summed E-state index contributed by atoms with van der Waals surface area (Å²) < 4.78 is 12.4. The second-order valence-corrected chi connectivity index (χ2v) is 6.43. The predicted molar refractivity (Wildman–Crippen MR) is 102 cm³/mol. The Labute approximate surface area is 157 Å². The minimum atomic E-state index is -0.0183. The fraction of sp³-hybridized carbons (Fsp3) is 0.238. The molecular formula is C21H21N3O3. The number of carbonyl (C=O) groups excluding carboxylic acids is 1. The van der Waals surface area contributed by atoms with Gasteiger partial charge in [-0.3, -0.25) is 4.79 Å². The number of hydrogen-bond donors (Lipinski definition) is 0. The summed E-state index contributed by atoms with van der Waals surface area (Å²) in [7, 11) is 3.27. The topological polar surface area (TPSA) is 56.6 Å². The molecule has 138 valence electrons. The molecule has 1 atom stereocenters. The number of likely N-dealkylation sites (tertiary alicyclic amines) is 1. The second kappa shape index (κ2) is 7.15. The van der Waals surface area contributed by atoms with Gasteiger partial charge >= 0.3 is 0 Å². The van der Waals surface area contributed by atoms with Gasteiger partial charge in [0.15, 0.2) is 0 Å². The van der Waals surface area contributed by atoms with Crippen LogP contribution in [0.3, 0.4) is 0 Å². The standard InChI is InChI=1S/C21H21N3O3/c1-26-17-7-5-6-15(12-17)18-10-11-23(18)21(25)16-13-22-24(14-16)19-8-3-4-9-20(19)27-2/h3-9,12-14,18H,10-11H2,1-2H3/t18-/m1/s1. The molecule has 0 spiro atoms. The summed E-state index contributed by atoms with van der Waals surface area (Å²) in [4.78, 5) is 14.8. The summed E-state index contributed by atoms with van der Waals surface area (Å²) in [5, 5.41) is 4.35. The predicted octanol–water partition coefficient (Wildman–Crippen LogP) is 3.48. The average Bonchev–Trinajstić information content (AvgIpc) is 3.17. The van der Waals surface area contributed by atoms with E-state index in [2.05, 4.69) is 5.10 Å². The van der Waals surface area contributed by atoms with Gasteiger partial charge in [-0.1, -0.05) is 24.3 Å². The molecule has 0 radical (unpaired) electrons. The number of ether oxygens (including phenoxy) is 2. The van der Waals surface area contributed by atoms with Crippen molar-refractivity contribution in [1.82, 2.24) is 14.7 Å². The van der Waals surface area contributed by atoms with Crippen molar-refractivity contribution >= 4 is 5.91 Å². The van der Waals surface area contributed by atoms with E-state index in [1.54, 1.807) is 31.3 Å². The number of amides is 1. The largest absolute Gasteiger partial charge is 0.497 e. The van der Waals surface area contributed by atoms with Crippen LogP contribution in [0.5, 0.6) is 11.5 Å². The van der Waals surface area contributed by atoms with Gasteiger partial charge in [0.2, 0.25) is 0 Å². The number of nitrogens with zero attached hydrogens (tertiary/aromatic N) is 3. The molecule has 2 aromatic carbocycles. The maximum atomic E-state index is 13.0. The van der Waals surface area contributed by atoms with E-state index in [4.69, 9.17) is 9.47 Å². The molecule has 1 amide bonds. The fourth-order valence-electron chi connectivity index (χ4n) is 3.38. The Morgan fingerprint density at radius 3 is 2.70 bits per heavy atom. The Bertz CT molecular complexity index is 967. The van der Waals surface area contributed by atoms with Crippen molar-refractivity contribution in [1.29, 1.82) is 0 Å².